The van der Waals surface area contributed by atoms with Crippen molar-refractivity contribution in [3.63, 3.8) is 0 Å². The average Bonchev–Trinajstić information content (AvgIpc) is 2.34. The fourth-order valence-corrected chi connectivity index (χ4v) is 1.55. The molecule has 0 N–H and O–H groups in total. The minimum absolute atomic E-state index is 0.295. The predicted octanol–water partition coefficient (Wildman–Crippen LogP) is 4.01. The van der Waals surface area contributed by atoms with Gasteiger partial charge in [0.05, 0.1) is 5.56 Å². The molecule has 0 aliphatic carbocycles. The molecule has 2 aromatic carbocycles. The molecule has 0 aliphatic rings. The van der Waals surface area contributed by atoms with E-state index >= 15 is 0 Å². The molecular weight excluding hydrogens is 255 g/mol. The molecule has 0 spiro atoms. The van der Waals surface area contributed by atoms with Crippen LogP contribution >= 0.6 is 11.6 Å². The van der Waals surface area contributed by atoms with Crippen LogP contribution in [0.2, 0.25) is 5.02 Å². The largest absolute Gasteiger partial charge is 0.423 e. The summed E-state index contributed by atoms with van der Waals surface area (Å²) in [6.45, 7) is 1.82. The van der Waals surface area contributed by atoms with Crippen LogP contribution in [0.15, 0.2) is 42.5 Å². The van der Waals surface area contributed by atoms with Gasteiger partial charge >= 0.3 is 5.97 Å². The smallest absolute Gasteiger partial charge is 0.343 e. The van der Waals surface area contributed by atoms with E-state index in [1.165, 1.54) is 24.3 Å². The Labute approximate surface area is 109 Å². The van der Waals surface area contributed by atoms with Crippen molar-refractivity contribution in [1.29, 1.82) is 0 Å². The molecule has 0 aromatic heterocycles. The first-order valence-corrected chi connectivity index (χ1v) is 5.68. The van der Waals surface area contributed by atoms with E-state index < -0.39 is 11.8 Å². The van der Waals surface area contributed by atoms with Crippen LogP contribution in [0.5, 0.6) is 5.75 Å². The van der Waals surface area contributed by atoms with Gasteiger partial charge in [-0.25, -0.2) is 9.18 Å². The van der Waals surface area contributed by atoms with Gasteiger partial charge in [-0.3, -0.25) is 0 Å². The van der Waals surface area contributed by atoms with Crippen molar-refractivity contribution in [1.82, 2.24) is 0 Å². The summed E-state index contributed by atoms with van der Waals surface area (Å²) in [7, 11) is 0. The molecule has 92 valence electrons. The van der Waals surface area contributed by atoms with Gasteiger partial charge in [0.1, 0.15) is 11.6 Å². The lowest BCUT2D eigenvalue weighted by Gasteiger charge is -2.06. The monoisotopic (exact) mass is 264 g/mol. The number of carbonyl (C=O) groups is 1. The van der Waals surface area contributed by atoms with Crippen LogP contribution < -0.4 is 4.74 Å². The quantitative estimate of drug-likeness (QED) is 0.605. The van der Waals surface area contributed by atoms with Gasteiger partial charge in [0.25, 0.3) is 0 Å². The summed E-state index contributed by atoms with van der Waals surface area (Å²) in [6, 6.07) is 10.1. The highest BCUT2D eigenvalue weighted by molar-refractivity contribution is 6.31. The van der Waals surface area contributed by atoms with Crippen molar-refractivity contribution in [3.05, 3.63) is 64.4 Å². The van der Waals surface area contributed by atoms with E-state index in [1.54, 1.807) is 18.2 Å². The summed E-state index contributed by atoms with van der Waals surface area (Å²) in [6.07, 6.45) is 0. The zero-order valence-corrected chi connectivity index (χ0v) is 10.4. The molecule has 0 saturated carbocycles. The molecule has 0 atom stereocenters. The Balaban J connectivity index is 2.16. The van der Waals surface area contributed by atoms with Gasteiger partial charge in [0, 0.05) is 5.02 Å². The third kappa shape index (κ3) is 2.87. The maximum atomic E-state index is 12.7. The van der Waals surface area contributed by atoms with E-state index in [4.69, 9.17) is 16.3 Å². The first kappa shape index (κ1) is 12.6. The Morgan fingerprint density at radius 3 is 2.44 bits per heavy atom. The Kier molecular flexibility index (Phi) is 3.63. The molecule has 2 aromatic rings. The van der Waals surface area contributed by atoms with Crippen molar-refractivity contribution >= 4 is 17.6 Å². The maximum absolute atomic E-state index is 12.7. The highest BCUT2D eigenvalue weighted by atomic mass is 35.5. The van der Waals surface area contributed by atoms with Crippen LogP contribution in [-0.2, 0) is 0 Å². The van der Waals surface area contributed by atoms with Gasteiger partial charge in [-0.15, -0.1) is 0 Å². The average molecular weight is 265 g/mol. The molecular formula is C14H10ClFO2. The molecule has 0 amide bonds. The van der Waals surface area contributed by atoms with Crippen molar-refractivity contribution in [3.8, 4) is 5.75 Å². The Bertz CT molecular complexity index is 579. The second-order valence-electron chi connectivity index (χ2n) is 3.81. The number of hydrogen-bond donors (Lipinski definition) is 0. The van der Waals surface area contributed by atoms with Gasteiger partial charge in [-0.1, -0.05) is 11.6 Å². The fraction of sp³-hybridized carbons (Fsp3) is 0.0714. The minimum Gasteiger partial charge on any atom is -0.423 e. The summed E-state index contributed by atoms with van der Waals surface area (Å²) in [5.74, 6) is -0.517. The van der Waals surface area contributed by atoms with Gasteiger partial charge in [-0.05, 0) is 55.0 Å². The van der Waals surface area contributed by atoms with Crippen molar-refractivity contribution < 1.29 is 13.9 Å². The molecule has 2 nitrogen and oxygen atoms in total. The van der Waals surface area contributed by atoms with Gasteiger partial charge in [0.15, 0.2) is 0 Å². The zero-order valence-electron chi connectivity index (χ0n) is 9.61. The van der Waals surface area contributed by atoms with Crippen molar-refractivity contribution in [2.24, 2.45) is 0 Å². The Morgan fingerprint density at radius 1 is 1.17 bits per heavy atom. The molecule has 0 unspecified atom stereocenters. The molecule has 0 fully saturated rings. The van der Waals surface area contributed by atoms with Gasteiger partial charge in [-0.2, -0.15) is 0 Å². The highest BCUT2D eigenvalue weighted by Gasteiger charge is 2.09. The second kappa shape index (κ2) is 5.19. The van der Waals surface area contributed by atoms with Crippen LogP contribution in [0.3, 0.4) is 0 Å². The summed E-state index contributed by atoms with van der Waals surface area (Å²) in [5, 5.41) is 0.608. The molecule has 0 radical (unpaired) electrons. The van der Waals surface area contributed by atoms with E-state index in [0.717, 1.165) is 5.56 Å². The first-order valence-electron chi connectivity index (χ1n) is 5.30. The van der Waals surface area contributed by atoms with E-state index in [2.05, 4.69) is 0 Å². The predicted molar refractivity (Wildman–Crippen MR) is 67.5 cm³/mol. The van der Waals surface area contributed by atoms with Crippen molar-refractivity contribution in [2.75, 3.05) is 0 Å². The molecule has 18 heavy (non-hydrogen) atoms. The normalized spacial score (nSPS) is 10.2. The number of esters is 1. The summed E-state index contributed by atoms with van der Waals surface area (Å²) in [4.78, 5) is 11.7. The maximum Gasteiger partial charge on any atom is 0.343 e. The summed E-state index contributed by atoms with van der Waals surface area (Å²) >= 11 is 5.87. The second-order valence-corrected chi connectivity index (χ2v) is 4.21. The van der Waals surface area contributed by atoms with E-state index in [-0.39, 0.29) is 0 Å². The SMILES string of the molecule is Cc1cc(OC(=O)c2ccc(F)cc2)ccc1Cl. The first-order chi connectivity index (χ1) is 8.56. The number of aryl methyl sites for hydroxylation is 1. The minimum atomic E-state index is -0.531. The molecule has 0 bridgehead atoms. The van der Waals surface area contributed by atoms with Gasteiger partial charge < -0.3 is 4.74 Å². The number of benzene rings is 2. The van der Waals surface area contributed by atoms with Gasteiger partial charge in [0.2, 0.25) is 0 Å². The number of hydrogen-bond acceptors (Lipinski definition) is 2. The summed E-state index contributed by atoms with van der Waals surface area (Å²) < 4.78 is 17.9. The Morgan fingerprint density at radius 2 is 1.83 bits per heavy atom. The molecule has 2 rings (SSSR count). The molecule has 4 heteroatoms. The lowest BCUT2D eigenvalue weighted by Crippen LogP contribution is -2.08. The molecule has 0 saturated heterocycles. The van der Waals surface area contributed by atoms with Crippen LogP contribution in [-0.4, -0.2) is 5.97 Å². The van der Waals surface area contributed by atoms with E-state index in [1.807, 2.05) is 6.92 Å². The third-order valence-corrected chi connectivity index (χ3v) is 2.84. The van der Waals surface area contributed by atoms with Crippen LogP contribution in [0.4, 0.5) is 4.39 Å². The van der Waals surface area contributed by atoms with Crippen LogP contribution in [0, 0.1) is 12.7 Å². The Hall–Kier alpha value is -1.87. The topological polar surface area (TPSA) is 26.3 Å². The van der Waals surface area contributed by atoms with E-state index in [0.29, 0.717) is 16.3 Å². The lowest BCUT2D eigenvalue weighted by molar-refractivity contribution is 0.0734. The van der Waals surface area contributed by atoms with Crippen LogP contribution in [0.25, 0.3) is 0 Å². The number of rotatable bonds is 2. The zero-order chi connectivity index (χ0) is 13.1. The van der Waals surface area contributed by atoms with E-state index in [9.17, 15) is 9.18 Å². The van der Waals surface area contributed by atoms with Crippen molar-refractivity contribution in [2.45, 2.75) is 6.92 Å². The molecule has 0 aliphatic heterocycles. The third-order valence-electron chi connectivity index (χ3n) is 2.42. The summed E-state index contributed by atoms with van der Waals surface area (Å²) in [5.41, 5.74) is 1.12. The molecule has 0 heterocycles. The highest BCUT2D eigenvalue weighted by Crippen LogP contribution is 2.21. The number of halogens is 2. The van der Waals surface area contributed by atoms with Crippen LogP contribution in [0.1, 0.15) is 15.9 Å². The number of ether oxygens (including phenoxy) is 1. The fourth-order valence-electron chi connectivity index (χ4n) is 1.43. The standard InChI is InChI=1S/C14H10ClFO2/c1-9-8-12(6-7-13(9)15)18-14(17)10-2-4-11(16)5-3-10/h2-8H,1H3. The number of carbonyl (C=O) groups excluding carboxylic acids is 1. The lowest BCUT2D eigenvalue weighted by atomic mass is 10.2.